The maximum atomic E-state index is 14.2. The Balaban J connectivity index is 2.60. The fourth-order valence-electron chi connectivity index (χ4n) is 4.21. The van der Waals surface area contributed by atoms with E-state index in [9.17, 15) is 14.4 Å². The van der Waals surface area contributed by atoms with Gasteiger partial charge in [-0.05, 0) is 68.9 Å². The van der Waals surface area contributed by atoms with Crippen LogP contribution in [-0.4, -0.2) is 41.0 Å². The summed E-state index contributed by atoms with van der Waals surface area (Å²) < 4.78 is 5.46. The Morgan fingerprint density at radius 1 is 1.13 bits per heavy atom. The summed E-state index contributed by atoms with van der Waals surface area (Å²) in [6.45, 7) is 17.1. The Bertz CT molecular complexity index is 1150. The third-order valence-corrected chi connectivity index (χ3v) is 6.71. The maximum Gasteiger partial charge on any atom is 0.408 e. The summed E-state index contributed by atoms with van der Waals surface area (Å²) in [5.74, 6) is -0.982. The molecule has 0 spiro atoms. The van der Waals surface area contributed by atoms with E-state index in [1.807, 2.05) is 64.1 Å². The van der Waals surface area contributed by atoms with Crippen LogP contribution in [0.4, 0.5) is 10.5 Å². The average molecular weight is 556 g/mol. The number of amides is 3. The first-order valence-electron chi connectivity index (χ1n) is 13.4. The molecule has 2 N–H and O–H groups in total. The van der Waals surface area contributed by atoms with E-state index in [1.54, 1.807) is 32.9 Å². The second-order valence-electron chi connectivity index (χ2n) is 10.7. The lowest BCUT2D eigenvalue weighted by molar-refractivity contribution is -0.141. The number of benzene rings is 2. The number of anilines is 1. The molecule has 2 aromatic rings. The second-order valence-corrected chi connectivity index (χ2v) is 11.1. The zero-order valence-electron chi connectivity index (χ0n) is 24.1. The van der Waals surface area contributed by atoms with Crippen LogP contribution in [-0.2, 0) is 14.3 Å². The molecule has 212 valence electrons. The minimum atomic E-state index is -0.986. The number of alkyl carbamates (subject to hydrolysis) is 1. The highest BCUT2D eigenvalue weighted by atomic mass is 35.5. The summed E-state index contributed by atoms with van der Waals surface area (Å²) in [6.07, 6.45) is 2.24. The number of hydrogen-bond donors (Lipinski definition) is 2. The highest BCUT2D eigenvalue weighted by Gasteiger charge is 2.38. The number of hydrogen-bond acceptors (Lipinski definition) is 4. The van der Waals surface area contributed by atoms with Crippen molar-refractivity contribution < 1.29 is 19.1 Å². The quantitative estimate of drug-likeness (QED) is 0.308. The van der Waals surface area contributed by atoms with E-state index in [4.69, 9.17) is 16.3 Å². The lowest BCUT2D eigenvalue weighted by Gasteiger charge is -2.36. The van der Waals surface area contributed by atoms with Gasteiger partial charge in [0.05, 0.1) is 10.7 Å². The Morgan fingerprint density at radius 3 is 2.36 bits per heavy atom. The maximum absolute atomic E-state index is 14.2. The van der Waals surface area contributed by atoms with Crippen molar-refractivity contribution in [3.05, 3.63) is 70.8 Å². The van der Waals surface area contributed by atoms with Crippen LogP contribution >= 0.6 is 11.6 Å². The van der Waals surface area contributed by atoms with Crippen molar-refractivity contribution >= 4 is 41.3 Å². The lowest BCUT2D eigenvalue weighted by atomic mass is 9.95. The van der Waals surface area contributed by atoms with Gasteiger partial charge in [-0.3, -0.25) is 9.59 Å². The summed E-state index contributed by atoms with van der Waals surface area (Å²) in [5.41, 5.74) is 2.00. The molecule has 0 fully saturated rings. The Labute approximate surface area is 237 Å². The summed E-state index contributed by atoms with van der Waals surface area (Å²) in [5, 5.41) is 6.14. The van der Waals surface area contributed by atoms with Gasteiger partial charge in [0.25, 0.3) is 5.91 Å². The van der Waals surface area contributed by atoms with Crippen LogP contribution in [0.1, 0.15) is 77.1 Å². The fourth-order valence-corrected chi connectivity index (χ4v) is 4.48. The highest BCUT2D eigenvalue weighted by Crippen LogP contribution is 2.30. The van der Waals surface area contributed by atoms with Crippen molar-refractivity contribution in [3.63, 3.8) is 0 Å². The standard InChI is InChI=1S/C31H42ClN3O4/c1-9-18-35(29(37)26(20(4)10-2)34-30(38)39-31(6,7)8)27(23-16-13-15-22(11-3)19-23)28(36)33-25-21(5)14-12-17-24(25)32/h11-17,19-20,26-27H,3,9-10,18H2,1-2,4-8H3,(H,33,36)(H,34,38). The molecule has 3 unspecified atom stereocenters. The highest BCUT2D eigenvalue weighted by molar-refractivity contribution is 6.34. The third-order valence-electron chi connectivity index (χ3n) is 6.39. The molecule has 3 amide bonds. The zero-order valence-corrected chi connectivity index (χ0v) is 24.9. The van der Waals surface area contributed by atoms with Crippen LogP contribution in [0.15, 0.2) is 49.0 Å². The lowest BCUT2D eigenvalue weighted by Crippen LogP contribution is -2.54. The number of ether oxygens (including phenoxy) is 1. The van der Waals surface area contributed by atoms with Crippen molar-refractivity contribution in [2.45, 2.75) is 79.0 Å². The van der Waals surface area contributed by atoms with E-state index < -0.39 is 29.7 Å². The molecule has 0 heterocycles. The van der Waals surface area contributed by atoms with Crippen molar-refractivity contribution in [2.24, 2.45) is 5.92 Å². The predicted octanol–water partition coefficient (Wildman–Crippen LogP) is 7.15. The number of carbonyl (C=O) groups is 3. The fraction of sp³-hybridized carbons (Fsp3) is 0.452. The zero-order chi connectivity index (χ0) is 29.3. The number of nitrogens with zero attached hydrogens (tertiary/aromatic N) is 1. The van der Waals surface area contributed by atoms with E-state index >= 15 is 0 Å². The largest absolute Gasteiger partial charge is 0.444 e. The summed E-state index contributed by atoms with van der Waals surface area (Å²) in [7, 11) is 0. The van der Waals surface area contributed by atoms with Crippen molar-refractivity contribution in [1.82, 2.24) is 10.2 Å². The van der Waals surface area contributed by atoms with E-state index in [-0.39, 0.29) is 11.8 Å². The van der Waals surface area contributed by atoms with Crippen molar-refractivity contribution in [2.75, 3.05) is 11.9 Å². The van der Waals surface area contributed by atoms with E-state index in [0.29, 0.717) is 35.7 Å². The first kappa shape index (κ1) is 31.9. The minimum Gasteiger partial charge on any atom is -0.444 e. The predicted molar refractivity (Wildman–Crippen MR) is 159 cm³/mol. The number of halogens is 1. The molecule has 2 aromatic carbocycles. The van der Waals surface area contributed by atoms with Crippen LogP contribution in [0.25, 0.3) is 6.08 Å². The van der Waals surface area contributed by atoms with Gasteiger partial charge in [-0.25, -0.2) is 4.79 Å². The molecule has 0 radical (unpaired) electrons. The normalized spacial score (nSPS) is 13.5. The first-order valence-corrected chi connectivity index (χ1v) is 13.8. The molecule has 8 heteroatoms. The second kappa shape index (κ2) is 14.2. The molecule has 0 saturated heterocycles. The van der Waals surface area contributed by atoms with Crippen LogP contribution < -0.4 is 10.6 Å². The van der Waals surface area contributed by atoms with Crippen molar-refractivity contribution in [3.8, 4) is 0 Å². The van der Waals surface area contributed by atoms with Crippen molar-refractivity contribution in [1.29, 1.82) is 0 Å². The average Bonchev–Trinajstić information content (AvgIpc) is 2.87. The summed E-state index contributed by atoms with van der Waals surface area (Å²) in [6, 6.07) is 10.8. The third kappa shape index (κ3) is 8.85. The summed E-state index contributed by atoms with van der Waals surface area (Å²) in [4.78, 5) is 42.5. The van der Waals surface area contributed by atoms with Crippen LogP contribution in [0.5, 0.6) is 0 Å². The van der Waals surface area contributed by atoms with Gasteiger partial charge in [0, 0.05) is 6.54 Å². The number of nitrogens with one attached hydrogen (secondary N) is 2. The molecule has 3 atom stereocenters. The number of carbonyl (C=O) groups excluding carboxylic acids is 3. The first-order chi connectivity index (χ1) is 18.3. The Kier molecular flexibility index (Phi) is 11.6. The van der Waals surface area contributed by atoms with Gasteiger partial charge in [-0.2, -0.15) is 0 Å². The molecule has 0 saturated carbocycles. The van der Waals surface area contributed by atoms with E-state index in [0.717, 1.165) is 11.1 Å². The Morgan fingerprint density at radius 2 is 1.79 bits per heavy atom. The van der Waals surface area contributed by atoms with Gasteiger partial charge in [0.2, 0.25) is 5.91 Å². The van der Waals surface area contributed by atoms with Gasteiger partial charge in [-0.1, -0.05) is 81.8 Å². The van der Waals surface area contributed by atoms with E-state index in [1.165, 1.54) is 4.90 Å². The monoisotopic (exact) mass is 555 g/mol. The smallest absolute Gasteiger partial charge is 0.408 e. The van der Waals surface area contributed by atoms with Crippen LogP contribution in [0.3, 0.4) is 0 Å². The van der Waals surface area contributed by atoms with Gasteiger partial charge < -0.3 is 20.3 Å². The Hall–Kier alpha value is -3.32. The van der Waals surface area contributed by atoms with Gasteiger partial charge in [0.1, 0.15) is 17.7 Å². The molecule has 0 bridgehead atoms. The molecular formula is C31H42ClN3O4. The molecule has 0 aliphatic carbocycles. The molecule has 7 nitrogen and oxygen atoms in total. The molecule has 39 heavy (non-hydrogen) atoms. The molecule has 0 aliphatic rings. The number of aryl methyl sites for hydroxylation is 1. The van der Waals surface area contributed by atoms with Gasteiger partial charge in [0.15, 0.2) is 0 Å². The number of para-hydroxylation sites is 1. The molecule has 0 aromatic heterocycles. The van der Waals surface area contributed by atoms with E-state index in [2.05, 4.69) is 17.2 Å². The van der Waals surface area contributed by atoms with Gasteiger partial charge in [-0.15, -0.1) is 0 Å². The van der Waals surface area contributed by atoms with Gasteiger partial charge >= 0.3 is 6.09 Å². The molecule has 2 rings (SSSR count). The summed E-state index contributed by atoms with van der Waals surface area (Å²) >= 11 is 6.43. The minimum absolute atomic E-state index is 0.210. The molecule has 0 aliphatic heterocycles. The van der Waals surface area contributed by atoms with Crippen LogP contribution in [0.2, 0.25) is 5.02 Å². The topological polar surface area (TPSA) is 87.7 Å². The SMILES string of the molecule is C=Cc1cccc(C(C(=O)Nc2c(C)cccc2Cl)N(CCC)C(=O)C(NC(=O)OC(C)(C)C)C(C)CC)c1. The number of rotatable bonds is 11. The molecular weight excluding hydrogens is 514 g/mol. The van der Waals surface area contributed by atoms with Crippen LogP contribution in [0, 0.1) is 12.8 Å².